The topological polar surface area (TPSA) is 75.7 Å². The molecule has 0 bridgehead atoms. The quantitative estimate of drug-likeness (QED) is 0.714. The lowest BCUT2D eigenvalue weighted by Gasteiger charge is -2.31. The number of benzene rings is 1. The van der Waals surface area contributed by atoms with E-state index >= 15 is 0 Å². The fraction of sp³-hybridized carbons (Fsp3) is 0.667. The maximum Gasteiger partial charge on any atom is 0.236 e. The van der Waals surface area contributed by atoms with Gasteiger partial charge in [0.2, 0.25) is 5.91 Å². The van der Waals surface area contributed by atoms with Crippen LogP contribution >= 0.6 is 0 Å². The Morgan fingerprint density at radius 3 is 2.57 bits per heavy atom. The Labute approximate surface area is 167 Å². The standard InChI is InChI=1S/C21H30N2O4S/c24-20(13-22-21(17-8-9-17)16-5-2-1-3-6-16)23(14-19-7-4-11-27-19)18-10-12-28(25,26)15-18/h1-3,5-6,17-19,21-22H,4,7-15H2. The number of nitrogens with one attached hydrogen (secondary N) is 1. The van der Waals surface area contributed by atoms with E-state index in [0.29, 0.717) is 18.9 Å². The van der Waals surface area contributed by atoms with Gasteiger partial charge in [-0.05, 0) is 43.6 Å². The molecule has 3 fully saturated rings. The minimum Gasteiger partial charge on any atom is -0.376 e. The molecule has 1 saturated carbocycles. The van der Waals surface area contributed by atoms with E-state index in [4.69, 9.17) is 4.74 Å². The van der Waals surface area contributed by atoms with Gasteiger partial charge in [0.15, 0.2) is 9.84 Å². The van der Waals surface area contributed by atoms with Crippen molar-refractivity contribution in [3.63, 3.8) is 0 Å². The molecule has 1 amide bonds. The van der Waals surface area contributed by atoms with Crippen LogP contribution in [0.25, 0.3) is 0 Å². The van der Waals surface area contributed by atoms with Crippen molar-refractivity contribution in [1.82, 2.24) is 10.2 Å². The number of hydrogen-bond acceptors (Lipinski definition) is 5. The monoisotopic (exact) mass is 406 g/mol. The highest BCUT2D eigenvalue weighted by molar-refractivity contribution is 7.91. The van der Waals surface area contributed by atoms with E-state index in [0.717, 1.165) is 19.4 Å². The fourth-order valence-electron chi connectivity index (χ4n) is 4.43. The highest BCUT2D eigenvalue weighted by Crippen LogP contribution is 2.40. The first-order valence-corrected chi connectivity index (χ1v) is 12.2. The molecule has 6 nitrogen and oxygen atoms in total. The molecule has 2 aliphatic heterocycles. The van der Waals surface area contributed by atoms with Gasteiger partial charge in [0.05, 0.1) is 24.2 Å². The molecule has 3 atom stereocenters. The predicted molar refractivity (Wildman–Crippen MR) is 108 cm³/mol. The van der Waals surface area contributed by atoms with Crippen LogP contribution in [0, 0.1) is 5.92 Å². The van der Waals surface area contributed by atoms with Gasteiger partial charge >= 0.3 is 0 Å². The van der Waals surface area contributed by atoms with Gasteiger partial charge in [0, 0.05) is 25.2 Å². The van der Waals surface area contributed by atoms with Crippen LogP contribution in [0.1, 0.15) is 43.7 Å². The molecular formula is C21H30N2O4S. The number of nitrogens with zero attached hydrogens (tertiary/aromatic N) is 1. The molecule has 3 aliphatic rings. The maximum atomic E-state index is 13.1. The zero-order valence-electron chi connectivity index (χ0n) is 16.3. The Balaban J connectivity index is 1.42. The van der Waals surface area contributed by atoms with Gasteiger partial charge < -0.3 is 15.0 Å². The summed E-state index contributed by atoms with van der Waals surface area (Å²) in [5.41, 5.74) is 1.21. The van der Waals surface area contributed by atoms with Gasteiger partial charge in [0.1, 0.15) is 0 Å². The minimum atomic E-state index is -3.04. The third kappa shape index (κ3) is 4.93. The van der Waals surface area contributed by atoms with Crippen LogP contribution in [0.2, 0.25) is 0 Å². The molecule has 0 spiro atoms. The van der Waals surface area contributed by atoms with Crippen molar-refractivity contribution >= 4 is 15.7 Å². The van der Waals surface area contributed by atoms with Gasteiger partial charge in [-0.3, -0.25) is 4.79 Å². The Morgan fingerprint density at radius 2 is 1.96 bits per heavy atom. The molecule has 1 N–H and O–H groups in total. The van der Waals surface area contributed by atoms with Crippen molar-refractivity contribution in [3.8, 4) is 0 Å². The Bertz CT molecular complexity index is 773. The van der Waals surface area contributed by atoms with E-state index in [1.165, 1.54) is 18.4 Å². The van der Waals surface area contributed by atoms with Crippen molar-refractivity contribution in [2.75, 3.05) is 31.2 Å². The van der Waals surface area contributed by atoms with E-state index < -0.39 is 9.84 Å². The fourth-order valence-corrected chi connectivity index (χ4v) is 6.16. The average Bonchev–Trinajstić information content (AvgIpc) is 3.26. The van der Waals surface area contributed by atoms with Crippen molar-refractivity contribution in [3.05, 3.63) is 35.9 Å². The number of rotatable bonds is 8. The first-order valence-electron chi connectivity index (χ1n) is 10.4. The lowest BCUT2D eigenvalue weighted by Crippen LogP contribution is -2.49. The summed E-state index contributed by atoms with van der Waals surface area (Å²) >= 11 is 0. The van der Waals surface area contributed by atoms with E-state index in [2.05, 4.69) is 17.4 Å². The number of carbonyl (C=O) groups excluding carboxylic acids is 1. The molecule has 2 saturated heterocycles. The molecule has 0 radical (unpaired) electrons. The Kier molecular flexibility index (Phi) is 6.04. The lowest BCUT2D eigenvalue weighted by atomic mass is 10.0. The molecule has 28 heavy (non-hydrogen) atoms. The third-order valence-corrected chi connectivity index (χ3v) is 7.87. The van der Waals surface area contributed by atoms with Gasteiger partial charge in [-0.2, -0.15) is 0 Å². The summed E-state index contributed by atoms with van der Waals surface area (Å²) in [4.78, 5) is 14.9. The molecule has 2 heterocycles. The highest BCUT2D eigenvalue weighted by atomic mass is 32.2. The van der Waals surface area contributed by atoms with Crippen molar-refractivity contribution in [1.29, 1.82) is 0 Å². The summed E-state index contributed by atoms with van der Waals surface area (Å²) in [6.45, 7) is 1.46. The number of amides is 1. The smallest absolute Gasteiger partial charge is 0.236 e. The summed E-state index contributed by atoms with van der Waals surface area (Å²) < 4.78 is 29.7. The van der Waals surface area contributed by atoms with Crippen molar-refractivity contribution in [2.45, 2.75) is 50.3 Å². The lowest BCUT2D eigenvalue weighted by molar-refractivity contribution is -0.134. The second kappa shape index (κ2) is 8.51. The zero-order chi connectivity index (χ0) is 19.6. The van der Waals surface area contributed by atoms with E-state index in [1.54, 1.807) is 4.90 Å². The molecule has 154 valence electrons. The second-order valence-electron chi connectivity index (χ2n) is 8.34. The number of hydrogen-bond donors (Lipinski definition) is 1. The van der Waals surface area contributed by atoms with Crippen LogP contribution in [0.3, 0.4) is 0 Å². The Morgan fingerprint density at radius 1 is 1.18 bits per heavy atom. The molecule has 1 aliphatic carbocycles. The summed E-state index contributed by atoms with van der Waals surface area (Å²) in [6.07, 6.45) is 4.87. The van der Waals surface area contributed by atoms with Crippen molar-refractivity contribution in [2.24, 2.45) is 5.92 Å². The maximum absolute atomic E-state index is 13.1. The SMILES string of the molecule is O=C(CNC(c1ccccc1)C1CC1)N(CC1CCCO1)C1CCS(=O)(=O)C1. The van der Waals surface area contributed by atoms with Crippen LogP contribution < -0.4 is 5.32 Å². The molecule has 1 aromatic carbocycles. The normalized spacial score (nSPS) is 27.6. The number of ether oxygens (including phenoxy) is 1. The van der Waals surface area contributed by atoms with Crippen LogP contribution in [-0.4, -0.2) is 62.6 Å². The van der Waals surface area contributed by atoms with Gasteiger partial charge in [-0.25, -0.2) is 8.42 Å². The predicted octanol–water partition coefficient (Wildman–Crippen LogP) is 1.92. The summed E-state index contributed by atoms with van der Waals surface area (Å²) in [5.74, 6) is 0.818. The average molecular weight is 407 g/mol. The molecule has 0 aromatic heterocycles. The number of carbonyl (C=O) groups is 1. The summed E-state index contributed by atoms with van der Waals surface area (Å²) in [7, 11) is -3.04. The molecule has 4 rings (SSSR count). The van der Waals surface area contributed by atoms with E-state index in [-0.39, 0.29) is 42.1 Å². The second-order valence-corrected chi connectivity index (χ2v) is 10.6. The third-order valence-electron chi connectivity index (χ3n) is 6.12. The van der Waals surface area contributed by atoms with E-state index in [1.807, 2.05) is 18.2 Å². The molecule has 7 heteroatoms. The van der Waals surface area contributed by atoms with Gasteiger partial charge in [-0.1, -0.05) is 30.3 Å². The first kappa shape index (κ1) is 19.9. The minimum absolute atomic E-state index is 0.0146. The molecule has 1 aromatic rings. The summed E-state index contributed by atoms with van der Waals surface area (Å²) in [6, 6.07) is 10.2. The zero-order valence-corrected chi connectivity index (χ0v) is 17.1. The molecular weight excluding hydrogens is 376 g/mol. The first-order chi connectivity index (χ1) is 13.5. The van der Waals surface area contributed by atoms with Crippen LogP contribution in [-0.2, 0) is 19.4 Å². The Hall–Kier alpha value is -1.44. The van der Waals surface area contributed by atoms with Crippen LogP contribution in [0.4, 0.5) is 0 Å². The van der Waals surface area contributed by atoms with Gasteiger partial charge in [-0.15, -0.1) is 0 Å². The summed E-state index contributed by atoms with van der Waals surface area (Å²) in [5, 5.41) is 3.47. The number of sulfone groups is 1. The van der Waals surface area contributed by atoms with Gasteiger partial charge in [0.25, 0.3) is 0 Å². The van der Waals surface area contributed by atoms with E-state index in [9.17, 15) is 13.2 Å². The highest BCUT2D eigenvalue weighted by Gasteiger charge is 2.37. The van der Waals surface area contributed by atoms with Crippen LogP contribution in [0.5, 0.6) is 0 Å². The van der Waals surface area contributed by atoms with Crippen LogP contribution in [0.15, 0.2) is 30.3 Å². The largest absolute Gasteiger partial charge is 0.376 e. The molecule has 3 unspecified atom stereocenters. The van der Waals surface area contributed by atoms with Crippen molar-refractivity contribution < 1.29 is 17.9 Å².